The topological polar surface area (TPSA) is 55.5 Å². The number of nitrogens with two attached hydrogens (primary N) is 1. The number of hydrogen-bond donors (Lipinski definition) is 2. The second-order valence-electron chi connectivity index (χ2n) is 4.44. The van der Waals surface area contributed by atoms with E-state index in [1.807, 2.05) is 0 Å². The molecule has 0 bridgehead atoms. The van der Waals surface area contributed by atoms with Crippen LogP contribution in [0.1, 0.15) is 24.8 Å². The Balaban J connectivity index is 2.58. The predicted molar refractivity (Wildman–Crippen MR) is 59.2 cm³/mol. The van der Waals surface area contributed by atoms with Crippen LogP contribution >= 0.6 is 0 Å². The smallest absolute Gasteiger partial charge is 0.209 e. The van der Waals surface area contributed by atoms with E-state index in [4.69, 9.17) is 10.5 Å². The van der Waals surface area contributed by atoms with E-state index in [2.05, 4.69) is 0 Å². The molecule has 1 saturated carbocycles. The molecule has 1 aromatic rings. The second kappa shape index (κ2) is 4.14. The molecule has 0 saturated heterocycles. The maximum absolute atomic E-state index is 13.9. The minimum absolute atomic E-state index is 0.154. The lowest BCUT2D eigenvalue weighted by atomic mass is 9.64. The van der Waals surface area contributed by atoms with E-state index in [0.29, 0.717) is 0 Å². The average molecular weight is 243 g/mol. The lowest BCUT2D eigenvalue weighted by Crippen LogP contribution is -2.42. The predicted octanol–water partition coefficient (Wildman–Crippen LogP) is 2.06. The Morgan fingerprint density at radius 1 is 1.41 bits per heavy atom. The molecule has 0 spiro atoms. The Kier molecular flexibility index (Phi) is 2.95. The van der Waals surface area contributed by atoms with Gasteiger partial charge in [0.25, 0.3) is 0 Å². The van der Waals surface area contributed by atoms with Crippen LogP contribution in [0.25, 0.3) is 0 Å². The zero-order valence-corrected chi connectivity index (χ0v) is 9.59. The van der Waals surface area contributed by atoms with Crippen LogP contribution in [0.15, 0.2) is 6.07 Å². The zero-order valence-electron chi connectivity index (χ0n) is 9.59. The molecular formula is C12H15F2NO2. The molecule has 3 N–H and O–H groups in total. The van der Waals surface area contributed by atoms with Crippen molar-refractivity contribution in [3.05, 3.63) is 23.3 Å². The van der Waals surface area contributed by atoms with Gasteiger partial charge in [-0.25, -0.2) is 4.39 Å². The monoisotopic (exact) mass is 243 g/mol. The molecule has 94 valence electrons. The summed E-state index contributed by atoms with van der Waals surface area (Å²) in [6.07, 6.45) is 2.44. The molecule has 1 aliphatic carbocycles. The number of aromatic hydroxyl groups is 1. The molecule has 0 heterocycles. The van der Waals surface area contributed by atoms with Gasteiger partial charge in [0.15, 0.2) is 17.3 Å². The highest BCUT2D eigenvalue weighted by atomic mass is 19.1. The second-order valence-corrected chi connectivity index (χ2v) is 4.44. The van der Waals surface area contributed by atoms with Gasteiger partial charge in [-0.2, -0.15) is 4.39 Å². The summed E-state index contributed by atoms with van der Waals surface area (Å²) >= 11 is 0. The fourth-order valence-electron chi connectivity index (χ4n) is 2.32. The maximum Gasteiger partial charge on any atom is 0.209 e. The molecule has 0 amide bonds. The Morgan fingerprint density at radius 3 is 2.47 bits per heavy atom. The molecule has 2 rings (SSSR count). The molecule has 1 aromatic carbocycles. The molecule has 0 atom stereocenters. The van der Waals surface area contributed by atoms with Gasteiger partial charge in [0, 0.05) is 17.5 Å². The standard InChI is InChI=1S/C12H15F2NO2/c1-17-8-5-7(9(13)11(16)10(8)14)12(6-15)3-2-4-12/h5,16H,2-4,6,15H2,1H3. The third kappa shape index (κ3) is 1.65. The van der Waals surface area contributed by atoms with Gasteiger partial charge < -0.3 is 15.6 Å². The van der Waals surface area contributed by atoms with E-state index in [1.54, 1.807) is 0 Å². The van der Waals surface area contributed by atoms with Crippen molar-refractivity contribution in [1.82, 2.24) is 0 Å². The largest absolute Gasteiger partial charge is 0.503 e. The summed E-state index contributed by atoms with van der Waals surface area (Å²) in [6, 6.07) is 1.30. The van der Waals surface area contributed by atoms with E-state index in [9.17, 15) is 13.9 Å². The van der Waals surface area contributed by atoms with Gasteiger partial charge in [0.05, 0.1) is 7.11 Å². The summed E-state index contributed by atoms with van der Waals surface area (Å²) in [5.74, 6) is -3.13. The lowest BCUT2D eigenvalue weighted by Gasteiger charge is -2.41. The third-order valence-corrected chi connectivity index (χ3v) is 3.64. The van der Waals surface area contributed by atoms with Crippen LogP contribution in [0, 0.1) is 11.6 Å². The zero-order chi connectivity index (χ0) is 12.6. The first-order chi connectivity index (χ1) is 8.05. The SMILES string of the molecule is COc1cc(C2(CN)CCC2)c(F)c(O)c1F. The summed E-state index contributed by atoms with van der Waals surface area (Å²) in [6.45, 7) is 0.276. The molecule has 5 heteroatoms. The van der Waals surface area contributed by atoms with Crippen molar-refractivity contribution in [2.45, 2.75) is 24.7 Å². The number of halogens is 2. The molecule has 0 aliphatic heterocycles. The first-order valence-corrected chi connectivity index (χ1v) is 5.51. The average Bonchev–Trinajstić information content (AvgIpc) is 2.28. The number of phenols is 1. The van der Waals surface area contributed by atoms with Crippen molar-refractivity contribution >= 4 is 0 Å². The number of ether oxygens (including phenoxy) is 1. The van der Waals surface area contributed by atoms with Crippen LogP contribution in [0.5, 0.6) is 11.5 Å². The van der Waals surface area contributed by atoms with Crippen LogP contribution in [-0.4, -0.2) is 18.8 Å². The van der Waals surface area contributed by atoms with Crippen molar-refractivity contribution in [3.63, 3.8) is 0 Å². The number of benzene rings is 1. The Bertz CT molecular complexity index is 439. The summed E-state index contributed by atoms with van der Waals surface area (Å²) < 4.78 is 32.1. The van der Waals surface area contributed by atoms with Crippen molar-refractivity contribution in [1.29, 1.82) is 0 Å². The minimum atomic E-state index is -1.07. The number of rotatable bonds is 3. The van der Waals surface area contributed by atoms with E-state index >= 15 is 0 Å². The van der Waals surface area contributed by atoms with Gasteiger partial charge in [0.1, 0.15) is 0 Å². The molecular weight excluding hydrogens is 228 g/mol. The van der Waals surface area contributed by atoms with Gasteiger partial charge in [-0.1, -0.05) is 6.42 Å². The van der Waals surface area contributed by atoms with Crippen molar-refractivity contribution in [2.75, 3.05) is 13.7 Å². The Labute approximate surface area is 98.2 Å². The fraction of sp³-hybridized carbons (Fsp3) is 0.500. The molecule has 1 aliphatic rings. The van der Waals surface area contributed by atoms with Crippen molar-refractivity contribution < 1.29 is 18.6 Å². The van der Waals surface area contributed by atoms with E-state index < -0.39 is 22.8 Å². The first kappa shape index (κ1) is 12.1. The fourth-order valence-corrected chi connectivity index (χ4v) is 2.32. The molecule has 3 nitrogen and oxygen atoms in total. The highest BCUT2D eigenvalue weighted by molar-refractivity contribution is 5.45. The summed E-state index contributed by atoms with van der Waals surface area (Å²) in [4.78, 5) is 0. The number of phenolic OH excluding ortho intramolecular Hbond substituents is 1. The molecule has 0 unspecified atom stereocenters. The molecule has 0 aromatic heterocycles. The summed E-state index contributed by atoms with van der Waals surface area (Å²) in [7, 11) is 1.27. The van der Waals surface area contributed by atoms with E-state index in [0.717, 1.165) is 19.3 Å². The summed E-state index contributed by atoms with van der Waals surface area (Å²) in [5.41, 5.74) is 5.43. The quantitative estimate of drug-likeness (QED) is 0.854. The van der Waals surface area contributed by atoms with Gasteiger partial charge in [-0.05, 0) is 18.9 Å². The van der Waals surface area contributed by atoms with Gasteiger partial charge >= 0.3 is 0 Å². The highest BCUT2D eigenvalue weighted by Gasteiger charge is 2.41. The molecule has 1 fully saturated rings. The van der Waals surface area contributed by atoms with Gasteiger partial charge in [0.2, 0.25) is 5.82 Å². The van der Waals surface area contributed by atoms with Crippen LogP contribution in [0.2, 0.25) is 0 Å². The van der Waals surface area contributed by atoms with E-state index in [1.165, 1.54) is 13.2 Å². The minimum Gasteiger partial charge on any atom is -0.503 e. The van der Waals surface area contributed by atoms with Crippen LogP contribution in [-0.2, 0) is 5.41 Å². The third-order valence-electron chi connectivity index (χ3n) is 3.64. The van der Waals surface area contributed by atoms with Gasteiger partial charge in [-0.3, -0.25) is 0 Å². The first-order valence-electron chi connectivity index (χ1n) is 5.51. The maximum atomic E-state index is 13.9. The Morgan fingerprint density at radius 2 is 2.06 bits per heavy atom. The number of methoxy groups -OCH3 is 1. The lowest BCUT2D eigenvalue weighted by molar-refractivity contribution is 0.238. The van der Waals surface area contributed by atoms with E-state index in [-0.39, 0.29) is 17.9 Å². The van der Waals surface area contributed by atoms with Crippen LogP contribution in [0.4, 0.5) is 8.78 Å². The highest BCUT2D eigenvalue weighted by Crippen LogP contribution is 2.47. The van der Waals surface area contributed by atoms with Gasteiger partial charge in [-0.15, -0.1) is 0 Å². The van der Waals surface area contributed by atoms with Crippen LogP contribution < -0.4 is 10.5 Å². The van der Waals surface area contributed by atoms with Crippen molar-refractivity contribution in [3.8, 4) is 11.5 Å². The Hall–Kier alpha value is -1.36. The molecule has 0 radical (unpaired) electrons. The summed E-state index contributed by atoms with van der Waals surface area (Å²) in [5, 5.41) is 9.41. The van der Waals surface area contributed by atoms with Crippen LogP contribution in [0.3, 0.4) is 0 Å². The number of hydrogen-bond acceptors (Lipinski definition) is 3. The van der Waals surface area contributed by atoms with Crippen molar-refractivity contribution in [2.24, 2.45) is 5.73 Å². The molecule has 17 heavy (non-hydrogen) atoms. The normalized spacial score (nSPS) is 17.6.